The second-order valence-electron chi connectivity index (χ2n) is 5.61. The molecule has 3 aromatic rings. The van der Waals surface area contributed by atoms with Gasteiger partial charge in [0.1, 0.15) is 5.01 Å². The third kappa shape index (κ3) is 4.24. The summed E-state index contributed by atoms with van der Waals surface area (Å²) in [6.45, 7) is 4.57. The second-order valence-corrected chi connectivity index (χ2v) is 6.81. The molecule has 0 unspecified atom stereocenters. The van der Waals surface area contributed by atoms with Gasteiger partial charge in [0, 0.05) is 17.6 Å². The van der Waals surface area contributed by atoms with Gasteiger partial charge in [0.15, 0.2) is 0 Å². The van der Waals surface area contributed by atoms with Crippen LogP contribution in [-0.4, -0.2) is 31.9 Å². The Labute approximate surface area is 140 Å². The van der Waals surface area contributed by atoms with Crippen molar-refractivity contribution < 1.29 is 0 Å². The number of aryl methyl sites for hydroxylation is 1. The van der Waals surface area contributed by atoms with Crippen LogP contribution in [0.3, 0.4) is 0 Å². The van der Waals surface area contributed by atoms with E-state index in [-0.39, 0.29) is 0 Å². The van der Waals surface area contributed by atoms with Crippen LogP contribution in [0.4, 0.5) is 0 Å². The summed E-state index contributed by atoms with van der Waals surface area (Å²) in [6, 6.07) is 10.3. The molecule has 0 saturated heterocycles. The second kappa shape index (κ2) is 7.48. The molecule has 2 aromatic heterocycles. The molecular formula is C17H21N5S. The summed E-state index contributed by atoms with van der Waals surface area (Å²) in [5, 5.41) is 9.44. The van der Waals surface area contributed by atoms with Crippen LogP contribution in [0.2, 0.25) is 0 Å². The molecule has 0 N–H and O–H groups in total. The maximum atomic E-state index is 4.49. The Kier molecular flexibility index (Phi) is 5.15. The van der Waals surface area contributed by atoms with Crippen LogP contribution in [0, 0.1) is 0 Å². The van der Waals surface area contributed by atoms with Gasteiger partial charge in [-0.05, 0) is 19.0 Å². The van der Waals surface area contributed by atoms with Gasteiger partial charge in [0.25, 0.3) is 0 Å². The molecule has 0 aliphatic carbocycles. The number of hydrogen-bond acceptors (Lipinski definition) is 5. The third-order valence-corrected chi connectivity index (χ3v) is 4.79. The van der Waals surface area contributed by atoms with Gasteiger partial charge in [-0.1, -0.05) is 42.5 Å². The standard InChI is InChI=1S/C17H21N5S/c1-3-16-10-18-17(23-16)13-21(2)12-15-9-19-20-22(15)11-14-7-5-4-6-8-14/h4-10H,3,11-13H2,1-2H3. The predicted octanol–water partition coefficient (Wildman–Crippen LogP) is 2.98. The van der Waals surface area contributed by atoms with Crippen LogP contribution >= 0.6 is 11.3 Å². The number of nitrogens with zero attached hydrogens (tertiary/aromatic N) is 5. The van der Waals surface area contributed by atoms with E-state index in [1.54, 1.807) is 11.3 Å². The largest absolute Gasteiger partial charge is 0.294 e. The summed E-state index contributed by atoms with van der Waals surface area (Å²) < 4.78 is 1.96. The number of aromatic nitrogens is 4. The quantitative estimate of drug-likeness (QED) is 0.669. The zero-order valence-corrected chi connectivity index (χ0v) is 14.3. The Hall–Kier alpha value is -2.05. The summed E-state index contributed by atoms with van der Waals surface area (Å²) in [4.78, 5) is 8.07. The summed E-state index contributed by atoms with van der Waals surface area (Å²) in [5.74, 6) is 0. The van der Waals surface area contributed by atoms with Crippen molar-refractivity contribution >= 4 is 11.3 Å². The van der Waals surface area contributed by atoms with Crippen LogP contribution in [0.1, 0.15) is 28.1 Å². The van der Waals surface area contributed by atoms with E-state index in [0.29, 0.717) is 0 Å². The van der Waals surface area contributed by atoms with E-state index in [9.17, 15) is 0 Å². The molecule has 0 bridgehead atoms. The van der Waals surface area contributed by atoms with Crippen LogP contribution < -0.4 is 0 Å². The first-order valence-electron chi connectivity index (χ1n) is 7.78. The van der Waals surface area contributed by atoms with Gasteiger partial charge in [-0.25, -0.2) is 9.67 Å². The van der Waals surface area contributed by atoms with Crippen LogP contribution in [0.25, 0.3) is 0 Å². The number of rotatable bonds is 7. The normalized spacial score (nSPS) is 11.3. The number of thiazole rings is 1. The molecule has 23 heavy (non-hydrogen) atoms. The zero-order chi connectivity index (χ0) is 16.1. The minimum atomic E-state index is 0.751. The van der Waals surface area contributed by atoms with Crippen LogP contribution in [-0.2, 0) is 26.1 Å². The Bertz CT molecular complexity index is 734. The zero-order valence-electron chi connectivity index (χ0n) is 13.5. The summed E-state index contributed by atoms with van der Waals surface area (Å²) >= 11 is 1.79. The van der Waals surface area contributed by atoms with Gasteiger partial charge in [-0.15, -0.1) is 16.4 Å². The van der Waals surface area contributed by atoms with E-state index < -0.39 is 0 Å². The molecule has 3 rings (SSSR count). The Morgan fingerprint density at radius 1 is 1.13 bits per heavy atom. The molecule has 0 aliphatic rings. The lowest BCUT2D eigenvalue weighted by atomic mass is 10.2. The molecule has 0 fully saturated rings. The molecule has 120 valence electrons. The van der Waals surface area contributed by atoms with E-state index in [1.165, 1.54) is 10.4 Å². The molecule has 0 aliphatic heterocycles. The fourth-order valence-electron chi connectivity index (χ4n) is 2.44. The number of benzene rings is 1. The first kappa shape index (κ1) is 15.8. The fraction of sp³-hybridized carbons (Fsp3) is 0.353. The summed E-state index contributed by atoms with van der Waals surface area (Å²) in [5.41, 5.74) is 2.35. The van der Waals surface area contributed by atoms with E-state index in [1.807, 2.05) is 35.3 Å². The Balaban J connectivity index is 1.62. The molecule has 1 aromatic carbocycles. The topological polar surface area (TPSA) is 46.8 Å². The van der Waals surface area contributed by atoms with Crippen molar-refractivity contribution in [2.24, 2.45) is 0 Å². The average molecular weight is 327 g/mol. The van der Waals surface area contributed by atoms with E-state index in [4.69, 9.17) is 0 Å². The predicted molar refractivity (Wildman–Crippen MR) is 92.2 cm³/mol. The monoisotopic (exact) mass is 327 g/mol. The van der Waals surface area contributed by atoms with Crippen molar-refractivity contribution in [1.29, 1.82) is 0 Å². The molecule has 0 amide bonds. The highest BCUT2D eigenvalue weighted by Crippen LogP contribution is 2.16. The smallest absolute Gasteiger partial charge is 0.107 e. The SMILES string of the molecule is CCc1cnc(CN(C)Cc2cnnn2Cc2ccccc2)s1. The molecule has 0 spiro atoms. The van der Waals surface area contributed by atoms with Crippen LogP contribution in [0.15, 0.2) is 42.7 Å². The Morgan fingerprint density at radius 3 is 2.70 bits per heavy atom. The molecule has 0 saturated carbocycles. The number of hydrogen-bond donors (Lipinski definition) is 0. The molecule has 5 nitrogen and oxygen atoms in total. The minimum Gasteiger partial charge on any atom is -0.294 e. The lowest BCUT2D eigenvalue weighted by molar-refractivity contribution is 0.307. The van der Waals surface area contributed by atoms with Gasteiger partial charge in [-0.3, -0.25) is 4.90 Å². The van der Waals surface area contributed by atoms with E-state index >= 15 is 0 Å². The van der Waals surface area contributed by atoms with Crippen molar-refractivity contribution in [3.05, 3.63) is 63.9 Å². The van der Waals surface area contributed by atoms with Gasteiger partial charge in [0.05, 0.1) is 25.0 Å². The molecule has 0 atom stereocenters. The highest BCUT2D eigenvalue weighted by atomic mass is 32.1. The van der Waals surface area contributed by atoms with Crippen molar-refractivity contribution in [1.82, 2.24) is 24.9 Å². The first-order chi connectivity index (χ1) is 11.2. The maximum Gasteiger partial charge on any atom is 0.107 e. The van der Waals surface area contributed by atoms with E-state index in [2.05, 4.69) is 46.3 Å². The minimum absolute atomic E-state index is 0.751. The van der Waals surface area contributed by atoms with Crippen LogP contribution in [0.5, 0.6) is 0 Å². The summed E-state index contributed by atoms with van der Waals surface area (Å²) in [6.07, 6.45) is 4.88. The Morgan fingerprint density at radius 2 is 1.96 bits per heavy atom. The molecule has 0 radical (unpaired) electrons. The van der Waals surface area contributed by atoms with Gasteiger partial charge in [-0.2, -0.15) is 0 Å². The highest BCUT2D eigenvalue weighted by molar-refractivity contribution is 7.11. The highest BCUT2D eigenvalue weighted by Gasteiger charge is 2.10. The van der Waals surface area contributed by atoms with Crippen molar-refractivity contribution in [2.45, 2.75) is 33.0 Å². The van der Waals surface area contributed by atoms with Crippen molar-refractivity contribution in [2.75, 3.05) is 7.05 Å². The van der Waals surface area contributed by atoms with Crippen molar-refractivity contribution in [3.63, 3.8) is 0 Å². The molecular weight excluding hydrogens is 306 g/mol. The van der Waals surface area contributed by atoms with Gasteiger partial charge in [0.2, 0.25) is 0 Å². The lowest BCUT2D eigenvalue weighted by Crippen LogP contribution is -2.20. The summed E-state index contributed by atoms with van der Waals surface area (Å²) in [7, 11) is 2.10. The van der Waals surface area contributed by atoms with E-state index in [0.717, 1.165) is 36.8 Å². The maximum absolute atomic E-state index is 4.49. The fourth-order valence-corrected chi connectivity index (χ4v) is 3.38. The van der Waals surface area contributed by atoms with Gasteiger partial charge >= 0.3 is 0 Å². The average Bonchev–Trinajstić information content (AvgIpc) is 3.18. The first-order valence-corrected chi connectivity index (χ1v) is 8.59. The van der Waals surface area contributed by atoms with Crippen molar-refractivity contribution in [3.8, 4) is 0 Å². The molecule has 6 heteroatoms. The molecule has 2 heterocycles. The third-order valence-electron chi connectivity index (χ3n) is 3.66. The lowest BCUT2D eigenvalue weighted by Gasteiger charge is -2.15. The van der Waals surface area contributed by atoms with Gasteiger partial charge < -0.3 is 0 Å².